The second-order valence-electron chi connectivity index (χ2n) is 6.16. The van der Waals surface area contributed by atoms with Crippen molar-refractivity contribution in [2.45, 2.75) is 53.1 Å². The first-order valence-electron chi connectivity index (χ1n) is 5.62. The summed E-state index contributed by atoms with van der Waals surface area (Å²) in [6.07, 6.45) is 6.79. The number of hydrogen-bond acceptors (Lipinski definition) is 1. The summed E-state index contributed by atoms with van der Waals surface area (Å²) in [4.78, 5) is 0. The summed E-state index contributed by atoms with van der Waals surface area (Å²) in [6.45, 7) is 10.6. The lowest BCUT2D eigenvalue weighted by atomic mass is 9.64. The van der Waals surface area contributed by atoms with E-state index in [1.807, 2.05) is 13.8 Å². The molecule has 2 atom stereocenters. The molecule has 2 unspecified atom stereocenters. The van der Waals surface area contributed by atoms with Crippen molar-refractivity contribution in [2.24, 2.45) is 17.3 Å². The molecule has 0 spiro atoms. The molecule has 1 aliphatic rings. The fourth-order valence-electron chi connectivity index (χ4n) is 2.52. The molecule has 1 rings (SSSR count). The minimum absolute atomic E-state index is 0.252. The van der Waals surface area contributed by atoms with E-state index >= 15 is 0 Å². The van der Waals surface area contributed by atoms with Gasteiger partial charge in [0.2, 0.25) is 0 Å². The first-order valence-corrected chi connectivity index (χ1v) is 5.62. The number of aliphatic hydroxyl groups is 1. The quantitative estimate of drug-likeness (QED) is 0.637. The summed E-state index contributed by atoms with van der Waals surface area (Å²) in [5.41, 5.74) is -0.301. The molecule has 0 saturated carbocycles. The van der Waals surface area contributed by atoms with Crippen molar-refractivity contribution in [3.63, 3.8) is 0 Å². The van der Waals surface area contributed by atoms with E-state index < -0.39 is 5.60 Å². The average Bonchev–Trinajstić information content (AvgIpc) is 2.01. The van der Waals surface area contributed by atoms with Crippen molar-refractivity contribution in [2.75, 3.05) is 0 Å². The molecule has 0 aromatic heterocycles. The second-order valence-corrected chi connectivity index (χ2v) is 6.16. The summed E-state index contributed by atoms with van der Waals surface area (Å²) in [5, 5.41) is 10.1. The Balaban J connectivity index is 2.90. The SMILES string of the molecule is CC(C)(C)C1C=CCCC1C(C)(C)O. The van der Waals surface area contributed by atoms with Crippen LogP contribution >= 0.6 is 0 Å². The Kier molecular flexibility index (Phi) is 3.10. The Labute approximate surface area is 88.2 Å². The topological polar surface area (TPSA) is 20.2 Å². The minimum Gasteiger partial charge on any atom is -0.390 e. The van der Waals surface area contributed by atoms with Crippen molar-refractivity contribution in [1.82, 2.24) is 0 Å². The Morgan fingerprint density at radius 1 is 1.14 bits per heavy atom. The molecule has 1 heteroatoms. The van der Waals surface area contributed by atoms with E-state index in [0.29, 0.717) is 11.8 Å². The molecule has 0 aromatic rings. The van der Waals surface area contributed by atoms with E-state index in [1.165, 1.54) is 0 Å². The molecule has 0 aliphatic heterocycles. The van der Waals surface area contributed by atoms with Crippen molar-refractivity contribution in [3.8, 4) is 0 Å². The van der Waals surface area contributed by atoms with E-state index in [4.69, 9.17) is 0 Å². The molecule has 1 aliphatic carbocycles. The van der Waals surface area contributed by atoms with E-state index in [9.17, 15) is 5.11 Å². The first-order chi connectivity index (χ1) is 6.23. The summed E-state index contributed by atoms with van der Waals surface area (Å²) in [7, 11) is 0. The molecule has 1 N–H and O–H groups in total. The Bertz CT molecular complexity index is 214. The fourth-order valence-corrected chi connectivity index (χ4v) is 2.52. The van der Waals surface area contributed by atoms with Crippen molar-refractivity contribution >= 4 is 0 Å². The van der Waals surface area contributed by atoms with Gasteiger partial charge in [0.05, 0.1) is 5.60 Å². The van der Waals surface area contributed by atoms with Crippen LogP contribution in [0.5, 0.6) is 0 Å². The molecule has 0 radical (unpaired) electrons. The third-order valence-corrected chi connectivity index (χ3v) is 3.33. The Morgan fingerprint density at radius 3 is 2.07 bits per heavy atom. The lowest BCUT2D eigenvalue weighted by molar-refractivity contribution is -0.0297. The molecular formula is C13H24O. The van der Waals surface area contributed by atoms with Crippen molar-refractivity contribution < 1.29 is 5.11 Å². The molecule has 0 heterocycles. The summed E-state index contributed by atoms with van der Waals surface area (Å²) < 4.78 is 0. The van der Waals surface area contributed by atoms with Crippen molar-refractivity contribution in [1.29, 1.82) is 0 Å². The average molecular weight is 196 g/mol. The van der Waals surface area contributed by atoms with E-state index in [1.54, 1.807) is 0 Å². The van der Waals surface area contributed by atoms with Crippen LogP contribution in [0.3, 0.4) is 0 Å². The highest BCUT2D eigenvalue weighted by molar-refractivity contribution is 5.05. The summed E-state index contributed by atoms with van der Waals surface area (Å²) in [6, 6.07) is 0. The van der Waals surface area contributed by atoms with Gasteiger partial charge in [-0.15, -0.1) is 0 Å². The summed E-state index contributed by atoms with van der Waals surface area (Å²) >= 11 is 0. The van der Waals surface area contributed by atoms with Crippen LogP contribution in [-0.4, -0.2) is 10.7 Å². The smallest absolute Gasteiger partial charge is 0.0625 e. The predicted molar refractivity (Wildman–Crippen MR) is 61.1 cm³/mol. The minimum atomic E-state index is -0.553. The first kappa shape index (κ1) is 11.8. The van der Waals surface area contributed by atoms with Gasteiger partial charge in [-0.25, -0.2) is 0 Å². The monoisotopic (exact) mass is 196 g/mol. The van der Waals surface area contributed by atoms with Crippen LogP contribution in [-0.2, 0) is 0 Å². The van der Waals surface area contributed by atoms with E-state index in [0.717, 1.165) is 12.8 Å². The van der Waals surface area contributed by atoms with E-state index in [2.05, 4.69) is 32.9 Å². The molecular weight excluding hydrogens is 172 g/mol. The second kappa shape index (κ2) is 3.69. The highest BCUT2D eigenvalue weighted by Gasteiger charge is 2.39. The summed E-state index contributed by atoms with van der Waals surface area (Å²) in [5.74, 6) is 0.892. The van der Waals surface area contributed by atoms with Crippen LogP contribution in [0.25, 0.3) is 0 Å². The van der Waals surface area contributed by atoms with Crippen LogP contribution in [0.1, 0.15) is 47.5 Å². The molecule has 0 bridgehead atoms. The molecule has 0 fully saturated rings. The van der Waals surface area contributed by atoms with Gasteiger partial charge in [-0.05, 0) is 43.9 Å². The van der Waals surface area contributed by atoms with Gasteiger partial charge in [0.15, 0.2) is 0 Å². The van der Waals surface area contributed by atoms with Gasteiger partial charge in [-0.2, -0.15) is 0 Å². The zero-order chi connectivity index (χ0) is 11.0. The fraction of sp³-hybridized carbons (Fsp3) is 0.846. The largest absolute Gasteiger partial charge is 0.390 e. The Morgan fingerprint density at radius 2 is 1.71 bits per heavy atom. The molecule has 82 valence electrons. The van der Waals surface area contributed by atoms with Gasteiger partial charge >= 0.3 is 0 Å². The lowest BCUT2D eigenvalue weighted by Crippen LogP contribution is -2.41. The number of allylic oxidation sites excluding steroid dienone is 2. The molecule has 0 saturated heterocycles. The zero-order valence-corrected chi connectivity index (χ0v) is 10.2. The maximum absolute atomic E-state index is 10.1. The van der Waals surface area contributed by atoms with Crippen molar-refractivity contribution in [3.05, 3.63) is 12.2 Å². The highest BCUT2D eigenvalue weighted by atomic mass is 16.3. The molecule has 0 aromatic carbocycles. The standard InChI is InChI=1S/C13H24O/c1-12(2,3)10-8-6-7-9-11(10)13(4,5)14/h6,8,10-11,14H,7,9H2,1-5H3. The number of hydrogen-bond donors (Lipinski definition) is 1. The van der Waals surface area contributed by atoms with Gasteiger partial charge in [-0.1, -0.05) is 32.9 Å². The molecule has 0 amide bonds. The molecule has 14 heavy (non-hydrogen) atoms. The third-order valence-electron chi connectivity index (χ3n) is 3.33. The van der Waals surface area contributed by atoms with Crippen LogP contribution in [0.15, 0.2) is 12.2 Å². The Hall–Kier alpha value is -0.300. The lowest BCUT2D eigenvalue weighted by Gasteiger charge is -2.43. The maximum Gasteiger partial charge on any atom is 0.0625 e. The van der Waals surface area contributed by atoms with Gasteiger partial charge in [-0.3, -0.25) is 0 Å². The highest BCUT2D eigenvalue weighted by Crippen LogP contribution is 2.43. The van der Waals surface area contributed by atoms with Gasteiger partial charge in [0.25, 0.3) is 0 Å². The maximum atomic E-state index is 10.1. The number of rotatable bonds is 1. The third kappa shape index (κ3) is 2.60. The van der Waals surface area contributed by atoms with Gasteiger partial charge < -0.3 is 5.11 Å². The van der Waals surface area contributed by atoms with Crippen LogP contribution in [0.4, 0.5) is 0 Å². The van der Waals surface area contributed by atoms with Gasteiger partial charge in [0, 0.05) is 0 Å². The predicted octanol–water partition coefficient (Wildman–Crippen LogP) is 3.39. The zero-order valence-electron chi connectivity index (χ0n) is 10.2. The normalized spacial score (nSPS) is 29.3. The van der Waals surface area contributed by atoms with Crippen LogP contribution in [0, 0.1) is 17.3 Å². The van der Waals surface area contributed by atoms with Crippen LogP contribution < -0.4 is 0 Å². The van der Waals surface area contributed by atoms with Gasteiger partial charge in [0.1, 0.15) is 0 Å². The van der Waals surface area contributed by atoms with E-state index in [-0.39, 0.29) is 5.41 Å². The van der Waals surface area contributed by atoms with Crippen LogP contribution in [0.2, 0.25) is 0 Å². The molecule has 1 nitrogen and oxygen atoms in total.